The van der Waals surface area contributed by atoms with E-state index in [0.717, 1.165) is 18.0 Å². The Balaban J connectivity index is 1.97. The molecule has 1 N–H and O–H groups in total. The van der Waals surface area contributed by atoms with Gasteiger partial charge in [-0.1, -0.05) is 13.0 Å². The van der Waals surface area contributed by atoms with Gasteiger partial charge in [0.2, 0.25) is 0 Å². The minimum atomic E-state index is -0.145. The second kappa shape index (κ2) is 4.42. The van der Waals surface area contributed by atoms with Crippen LogP contribution in [-0.2, 0) is 6.54 Å². The first-order valence-electron chi connectivity index (χ1n) is 5.77. The van der Waals surface area contributed by atoms with Gasteiger partial charge in [-0.2, -0.15) is 0 Å². The van der Waals surface area contributed by atoms with Crippen LogP contribution in [0, 0.1) is 11.7 Å². The molecule has 2 unspecified atom stereocenters. The lowest BCUT2D eigenvalue weighted by molar-refractivity contribution is 0.614. The smallest absolute Gasteiger partial charge is 0.146 e. The maximum absolute atomic E-state index is 13.6. The quantitative estimate of drug-likeness (QED) is 0.841. The Kier molecular flexibility index (Phi) is 3.15. The van der Waals surface area contributed by atoms with E-state index < -0.39 is 0 Å². The highest BCUT2D eigenvalue weighted by Gasteiger charge is 2.31. The minimum Gasteiger partial charge on any atom is -0.375 e. The van der Waals surface area contributed by atoms with E-state index in [0.29, 0.717) is 11.7 Å². The number of hydrogen-bond acceptors (Lipinski definition) is 2. The van der Waals surface area contributed by atoms with Crippen LogP contribution in [0.3, 0.4) is 0 Å². The van der Waals surface area contributed by atoms with Crippen LogP contribution in [0.15, 0.2) is 18.2 Å². The third kappa shape index (κ3) is 2.53. The van der Waals surface area contributed by atoms with Crippen molar-refractivity contribution in [3.8, 4) is 0 Å². The lowest BCUT2D eigenvalue weighted by atomic mass is 10.2. The van der Waals surface area contributed by atoms with Crippen molar-refractivity contribution in [2.24, 2.45) is 5.92 Å². The summed E-state index contributed by atoms with van der Waals surface area (Å²) in [6.07, 6.45) is 1.25. The van der Waals surface area contributed by atoms with Gasteiger partial charge in [0, 0.05) is 26.7 Å². The second-order valence-electron chi connectivity index (χ2n) is 4.88. The molecule has 1 aromatic carbocycles. The van der Waals surface area contributed by atoms with Crippen LogP contribution in [0.25, 0.3) is 0 Å². The number of anilines is 1. The predicted octanol–water partition coefficient (Wildman–Crippen LogP) is 2.39. The second-order valence-corrected chi connectivity index (χ2v) is 4.88. The number of halogens is 1. The molecule has 1 aromatic rings. The molecule has 0 heterocycles. The third-order valence-corrected chi connectivity index (χ3v) is 3.17. The van der Waals surface area contributed by atoms with Crippen LogP contribution in [0.5, 0.6) is 0 Å². The number of nitrogens with zero attached hydrogens (tertiary/aromatic N) is 1. The summed E-state index contributed by atoms with van der Waals surface area (Å²) in [5, 5.41) is 3.42. The van der Waals surface area contributed by atoms with Gasteiger partial charge in [-0.3, -0.25) is 0 Å². The Morgan fingerprint density at radius 1 is 1.44 bits per heavy atom. The van der Waals surface area contributed by atoms with Gasteiger partial charge in [-0.25, -0.2) is 4.39 Å². The van der Waals surface area contributed by atoms with E-state index in [2.05, 4.69) is 12.2 Å². The van der Waals surface area contributed by atoms with Crippen molar-refractivity contribution in [1.29, 1.82) is 0 Å². The van der Waals surface area contributed by atoms with E-state index in [1.807, 2.05) is 26.2 Å². The maximum atomic E-state index is 13.6. The number of rotatable bonds is 4. The fourth-order valence-electron chi connectivity index (χ4n) is 1.88. The van der Waals surface area contributed by atoms with Crippen molar-refractivity contribution < 1.29 is 4.39 Å². The summed E-state index contributed by atoms with van der Waals surface area (Å²) in [4.78, 5) is 1.79. The first-order chi connectivity index (χ1) is 7.58. The molecule has 1 aliphatic carbocycles. The highest BCUT2D eigenvalue weighted by Crippen LogP contribution is 2.29. The molecule has 0 saturated heterocycles. The molecule has 0 bridgehead atoms. The summed E-state index contributed by atoms with van der Waals surface area (Å²) >= 11 is 0. The fraction of sp³-hybridized carbons (Fsp3) is 0.538. The Morgan fingerprint density at radius 2 is 2.12 bits per heavy atom. The van der Waals surface area contributed by atoms with Gasteiger partial charge in [-0.15, -0.1) is 0 Å². The summed E-state index contributed by atoms with van der Waals surface area (Å²) in [5.41, 5.74) is 1.66. The summed E-state index contributed by atoms with van der Waals surface area (Å²) in [5.74, 6) is 0.638. The summed E-state index contributed by atoms with van der Waals surface area (Å²) in [6, 6.07) is 6.08. The molecule has 0 aromatic heterocycles. The van der Waals surface area contributed by atoms with Gasteiger partial charge in [0.05, 0.1) is 5.69 Å². The van der Waals surface area contributed by atoms with Crippen LogP contribution in [0.4, 0.5) is 10.1 Å². The highest BCUT2D eigenvalue weighted by atomic mass is 19.1. The Hall–Kier alpha value is -1.09. The molecular formula is C13H19FN2. The molecule has 0 spiro atoms. The highest BCUT2D eigenvalue weighted by molar-refractivity contribution is 5.47. The molecular weight excluding hydrogens is 203 g/mol. The molecule has 88 valence electrons. The zero-order valence-corrected chi connectivity index (χ0v) is 10.1. The fourth-order valence-corrected chi connectivity index (χ4v) is 1.88. The molecule has 1 fully saturated rings. The van der Waals surface area contributed by atoms with Gasteiger partial charge in [0.15, 0.2) is 0 Å². The van der Waals surface area contributed by atoms with E-state index >= 15 is 0 Å². The Morgan fingerprint density at radius 3 is 2.62 bits per heavy atom. The van der Waals surface area contributed by atoms with Gasteiger partial charge in [0.1, 0.15) is 5.82 Å². The average Bonchev–Trinajstić information content (AvgIpc) is 2.91. The van der Waals surface area contributed by atoms with Crippen molar-refractivity contribution in [2.45, 2.75) is 25.9 Å². The van der Waals surface area contributed by atoms with Crippen molar-refractivity contribution in [2.75, 3.05) is 19.0 Å². The number of nitrogens with one attached hydrogen (secondary N) is 1. The summed E-state index contributed by atoms with van der Waals surface area (Å²) in [7, 11) is 3.70. The van der Waals surface area contributed by atoms with Crippen molar-refractivity contribution in [3.63, 3.8) is 0 Å². The number of benzene rings is 1. The van der Waals surface area contributed by atoms with Crippen molar-refractivity contribution in [1.82, 2.24) is 5.32 Å². The summed E-state index contributed by atoms with van der Waals surface area (Å²) in [6.45, 7) is 2.99. The van der Waals surface area contributed by atoms with Gasteiger partial charge in [-0.05, 0) is 30.0 Å². The van der Waals surface area contributed by atoms with Gasteiger partial charge in [0.25, 0.3) is 0 Å². The minimum absolute atomic E-state index is 0.145. The lowest BCUT2D eigenvalue weighted by Crippen LogP contribution is -2.17. The Bertz CT molecular complexity index is 376. The lowest BCUT2D eigenvalue weighted by Gasteiger charge is -2.14. The molecule has 0 aliphatic heterocycles. The zero-order valence-electron chi connectivity index (χ0n) is 10.1. The van der Waals surface area contributed by atoms with E-state index in [9.17, 15) is 4.39 Å². The maximum Gasteiger partial charge on any atom is 0.146 e. The SMILES string of the molecule is CC1CC1NCc1ccc(N(C)C)c(F)c1. The molecule has 0 radical (unpaired) electrons. The van der Waals surface area contributed by atoms with Gasteiger partial charge >= 0.3 is 0 Å². The molecule has 2 atom stereocenters. The summed E-state index contributed by atoms with van der Waals surface area (Å²) < 4.78 is 13.6. The van der Waals surface area contributed by atoms with E-state index in [1.165, 1.54) is 6.42 Å². The van der Waals surface area contributed by atoms with Crippen LogP contribution < -0.4 is 10.2 Å². The van der Waals surface area contributed by atoms with Crippen LogP contribution in [0.2, 0.25) is 0 Å². The normalized spacial score (nSPS) is 23.2. The molecule has 1 aliphatic rings. The van der Waals surface area contributed by atoms with Crippen molar-refractivity contribution >= 4 is 5.69 Å². The topological polar surface area (TPSA) is 15.3 Å². The predicted molar refractivity (Wildman–Crippen MR) is 65.1 cm³/mol. The third-order valence-electron chi connectivity index (χ3n) is 3.17. The largest absolute Gasteiger partial charge is 0.375 e. The van der Waals surface area contributed by atoms with E-state index in [4.69, 9.17) is 0 Å². The van der Waals surface area contributed by atoms with Crippen LogP contribution in [-0.4, -0.2) is 20.1 Å². The molecule has 3 heteroatoms. The monoisotopic (exact) mass is 222 g/mol. The number of hydrogen-bond donors (Lipinski definition) is 1. The van der Waals surface area contributed by atoms with Crippen LogP contribution >= 0.6 is 0 Å². The first-order valence-corrected chi connectivity index (χ1v) is 5.77. The van der Waals surface area contributed by atoms with Gasteiger partial charge < -0.3 is 10.2 Å². The Labute approximate surface area is 96.5 Å². The van der Waals surface area contributed by atoms with E-state index in [-0.39, 0.29) is 5.82 Å². The molecule has 0 amide bonds. The first kappa shape index (κ1) is 11.4. The molecule has 1 saturated carbocycles. The van der Waals surface area contributed by atoms with Crippen LogP contribution in [0.1, 0.15) is 18.9 Å². The van der Waals surface area contributed by atoms with E-state index in [1.54, 1.807) is 11.0 Å². The van der Waals surface area contributed by atoms with Crippen molar-refractivity contribution in [3.05, 3.63) is 29.6 Å². The molecule has 2 rings (SSSR count). The standard InChI is InChI=1S/C13H19FN2/c1-9-6-12(9)15-8-10-4-5-13(16(2)3)11(14)7-10/h4-5,7,9,12,15H,6,8H2,1-3H3. The molecule has 16 heavy (non-hydrogen) atoms. The average molecular weight is 222 g/mol. The zero-order chi connectivity index (χ0) is 11.7. The molecule has 2 nitrogen and oxygen atoms in total.